The van der Waals surface area contributed by atoms with Crippen LogP contribution in [0.25, 0.3) is 5.65 Å². The molecule has 2 rings (SSSR count). The molecule has 72 valence electrons. The Morgan fingerprint density at radius 2 is 2.43 bits per heavy atom. The highest BCUT2D eigenvalue weighted by Crippen LogP contribution is 2.11. The van der Waals surface area contributed by atoms with E-state index in [4.69, 9.17) is 4.74 Å². The highest BCUT2D eigenvalue weighted by atomic mass is 16.5. The molecule has 4 nitrogen and oxygen atoms in total. The van der Waals surface area contributed by atoms with Gasteiger partial charge < -0.3 is 4.74 Å². The van der Waals surface area contributed by atoms with Crippen LogP contribution in [0.3, 0.4) is 0 Å². The fraction of sp³-hybridized carbons (Fsp3) is 0.200. The minimum absolute atomic E-state index is 0.357. The van der Waals surface area contributed by atoms with Crippen molar-refractivity contribution in [2.75, 3.05) is 7.11 Å². The minimum atomic E-state index is 0.357. The maximum Gasteiger partial charge on any atom is 0.168 e. The van der Waals surface area contributed by atoms with Crippen molar-refractivity contribution in [1.82, 2.24) is 9.38 Å². The number of ether oxygens (including phenoxy) is 1. The van der Waals surface area contributed by atoms with Crippen LogP contribution in [0.1, 0.15) is 16.2 Å². The third kappa shape index (κ3) is 1.29. The number of hydrogen-bond acceptors (Lipinski definition) is 3. The Balaban J connectivity index is 2.65. The van der Waals surface area contributed by atoms with Crippen LogP contribution in [0.5, 0.6) is 0 Å². The van der Waals surface area contributed by atoms with Crippen LogP contribution in [0.2, 0.25) is 0 Å². The zero-order chi connectivity index (χ0) is 9.97. The van der Waals surface area contributed by atoms with Crippen LogP contribution in [-0.4, -0.2) is 22.8 Å². The van der Waals surface area contributed by atoms with E-state index in [1.165, 1.54) is 0 Å². The smallest absolute Gasteiger partial charge is 0.168 e. The van der Waals surface area contributed by atoms with Gasteiger partial charge in [0.05, 0.1) is 12.3 Å². The lowest BCUT2D eigenvalue weighted by molar-refractivity contribution is 0.111. The van der Waals surface area contributed by atoms with Crippen LogP contribution in [0.15, 0.2) is 24.4 Å². The Labute approximate surface area is 81.1 Å². The van der Waals surface area contributed by atoms with E-state index in [0.29, 0.717) is 18.0 Å². The van der Waals surface area contributed by atoms with Gasteiger partial charge in [-0.3, -0.25) is 9.20 Å². The fourth-order valence-corrected chi connectivity index (χ4v) is 1.43. The first-order valence-corrected chi connectivity index (χ1v) is 4.27. The van der Waals surface area contributed by atoms with Gasteiger partial charge in [0.15, 0.2) is 6.29 Å². The SMILES string of the molecule is COCc1nc2ccccn2c1C=O. The first kappa shape index (κ1) is 8.90. The number of nitrogens with zero attached hydrogens (tertiary/aromatic N) is 2. The molecular formula is C10H10N2O2. The predicted molar refractivity (Wildman–Crippen MR) is 51.3 cm³/mol. The maximum absolute atomic E-state index is 10.9. The van der Waals surface area contributed by atoms with E-state index in [2.05, 4.69) is 4.98 Å². The van der Waals surface area contributed by atoms with Crippen molar-refractivity contribution in [3.63, 3.8) is 0 Å². The van der Waals surface area contributed by atoms with E-state index >= 15 is 0 Å². The van der Waals surface area contributed by atoms with Gasteiger partial charge in [0, 0.05) is 13.3 Å². The first-order valence-electron chi connectivity index (χ1n) is 4.27. The molecule has 2 aromatic heterocycles. The number of carbonyl (C=O) groups excluding carboxylic acids is 1. The number of aldehydes is 1. The molecule has 0 aliphatic rings. The molecule has 2 heterocycles. The molecule has 2 aromatic rings. The summed E-state index contributed by atoms with van der Waals surface area (Å²) in [4.78, 5) is 15.1. The zero-order valence-corrected chi connectivity index (χ0v) is 7.80. The van der Waals surface area contributed by atoms with E-state index in [-0.39, 0.29) is 0 Å². The third-order valence-electron chi connectivity index (χ3n) is 2.04. The highest BCUT2D eigenvalue weighted by molar-refractivity contribution is 5.76. The van der Waals surface area contributed by atoms with Crippen LogP contribution >= 0.6 is 0 Å². The fourth-order valence-electron chi connectivity index (χ4n) is 1.43. The van der Waals surface area contributed by atoms with Gasteiger partial charge in [-0.1, -0.05) is 6.07 Å². The lowest BCUT2D eigenvalue weighted by Gasteiger charge is -1.95. The molecular weight excluding hydrogens is 180 g/mol. The molecule has 0 unspecified atom stereocenters. The lowest BCUT2D eigenvalue weighted by atomic mass is 10.3. The molecule has 0 atom stereocenters. The van der Waals surface area contributed by atoms with Crippen LogP contribution < -0.4 is 0 Å². The number of rotatable bonds is 3. The Morgan fingerprint density at radius 3 is 3.14 bits per heavy atom. The van der Waals surface area contributed by atoms with Crippen molar-refractivity contribution in [2.45, 2.75) is 6.61 Å². The second-order valence-electron chi connectivity index (χ2n) is 2.92. The second-order valence-corrected chi connectivity index (χ2v) is 2.92. The molecule has 4 heteroatoms. The number of fused-ring (bicyclic) bond motifs is 1. The summed E-state index contributed by atoms with van der Waals surface area (Å²) < 4.78 is 6.72. The quantitative estimate of drug-likeness (QED) is 0.685. The van der Waals surface area contributed by atoms with E-state index < -0.39 is 0 Å². The van der Waals surface area contributed by atoms with Crippen molar-refractivity contribution in [3.8, 4) is 0 Å². The number of methoxy groups -OCH3 is 1. The molecule has 0 radical (unpaired) electrons. The summed E-state index contributed by atoms with van der Waals surface area (Å²) >= 11 is 0. The molecule has 0 aliphatic carbocycles. The largest absolute Gasteiger partial charge is 0.378 e. The Bertz CT molecular complexity index is 462. The van der Waals surface area contributed by atoms with Gasteiger partial charge in [-0.25, -0.2) is 4.98 Å². The standard InChI is InChI=1S/C10H10N2O2/c1-14-7-8-9(6-13)12-5-3-2-4-10(12)11-8/h2-6H,7H2,1H3. The Kier molecular flexibility index (Phi) is 2.28. The summed E-state index contributed by atoms with van der Waals surface area (Å²) in [6, 6.07) is 5.60. The van der Waals surface area contributed by atoms with Crippen molar-refractivity contribution in [2.24, 2.45) is 0 Å². The van der Waals surface area contributed by atoms with Crippen molar-refractivity contribution in [3.05, 3.63) is 35.8 Å². The molecule has 0 N–H and O–H groups in total. The topological polar surface area (TPSA) is 43.6 Å². The molecule has 0 amide bonds. The summed E-state index contributed by atoms with van der Waals surface area (Å²) in [5.41, 5.74) is 2.00. The van der Waals surface area contributed by atoms with Gasteiger partial charge in [0.2, 0.25) is 0 Å². The molecule has 0 aliphatic heterocycles. The zero-order valence-electron chi connectivity index (χ0n) is 7.80. The lowest BCUT2D eigenvalue weighted by Crippen LogP contribution is -1.95. The summed E-state index contributed by atoms with van der Waals surface area (Å²) in [5.74, 6) is 0. The highest BCUT2D eigenvalue weighted by Gasteiger charge is 2.09. The molecule has 14 heavy (non-hydrogen) atoms. The average molecular weight is 190 g/mol. The van der Waals surface area contributed by atoms with E-state index in [1.807, 2.05) is 24.4 Å². The Hall–Kier alpha value is -1.68. The summed E-state index contributed by atoms with van der Waals surface area (Å²) in [6.07, 6.45) is 2.61. The third-order valence-corrected chi connectivity index (χ3v) is 2.04. The van der Waals surface area contributed by atoms with E-state index in [9.17, 15) is 4.79 Å². The number of pyridine rings is 1. The van der Waals surface area contributed by atoms with Gasteiger partial charge in [-0.05, 0) is 12.1 Å². The monoisotopic (exact) mass is 190 g/mol. The number of hydrogen-bond donors (Lipinski definition) is 0. The van der Waals surface area contributed by atoms with Crippen LogP contribution in [0.4, 0.5) is 0 Å². The molecule has 0 saturated heterocycles. The van der Waals surface area contributed by atoms with Gasteiger partial charge in [0.1, 0.15) is 11.3 Å². The van der Waals surface area contributed by atoms with Gasteiger partial charge in [-0.15, -0.1) is 0 Å². The van der Waals surface area contributed by atoms with Gasteiger partial charge in [0.25, 0.3) is 0 Å². The van der Waals surface area contributed by atoms with Crippen molar-refractivity contribution < 1.29 is 9.53 Å². The normalized spacial score (nSPS) is 10.6. The van der Waals surface area contributed by atoms with Gasteiger partial charge >= 0.3 is 0 Å². The first-order chi connectivity index (χ1) is 6.86. The van der Waals surface area contributed by atoms with E-state index in [0.717, 1.165) is 11.9 Å². The van der Waals surface area contributed by atoms with Crippen molar-refractivity contribution in [1.29, 1.82) is 0 Å². The maximum atomic E-state index is 10.9. The summed E-state index contributed by atoms with van der Waals surface area (Å²) in [7, 11) is 1.58. The summed E-state index contributed by atoms with van der Waals surface area (Å²) in [5, 5.41) is 0. The Morgan fingerprint density at radius 1 is 1.57 bits per heavy atom. The second kappa shape index (κ2) is 3.59. The number of imidazole rings is 1. The molecule has 0 saturated carbocycles. The van der Waals surface area contributed by atoms with E-state index in [1.54, 1.807) is 11.5 Å². The van der Waals surface area contributed by atoms with Crippen molar-refractivity contribution >= 4 is 11.9 Å². The predicted octanol–water partition coefficient (Wildman–Crippen LogP) is 1.29. The molecule has 0 fully saturated rings. The number of aromatic nitrogens is 2. The molecule has 0 bridgehead atoms. The summed E-state index contributed by atoms with van der Waals surface area (Å²) in [6.45, 7) is 0.357. The van der Waals surface area contributed by atoms with Crippen LogP contribution in [0, 0.1) is 0 Å². The molecule has 0 aromatic carbocycles. The van der Waals surface area contributed by atoms with Gasteiger partial charge in [-0.2, -0.15) is 0 Å². The number of carbonyl (C=O) groups is 1. The van der Waals surface area contributed by atoms with Crippen LogP contribution in [-0.2, 0) is 11.3 Å². The average Bonchev–Trinajstić information content (AvgIpc) is 2.55. The minimum Gasteiger partial charge on any atom is -0.378 e. The molecule has 0 spiro atoms.